The summed E-state index contributed by atoms with van der Waals surface area (Å²) < 4.78 is 0. The van der Waals surface area contributed by atoms with Crippen molar-refractivity contribution in [1.82, 2.24) is 24.8 Å². The van der Waals surface area contributed by atoms with Crippen LogP contribution in [-0.2, 0) is 45.2 Å². The summed E-state index contributed by atoms with van der Waals surface area (Å²) in [5.41, 5.74) is 1.57. The number of rotatable bonds is 10. The number of pyridine rings is 1. The molecule has 31 heavy (non-hydrogen) atoms. The topological polar surface area (TPSA) is 156 Å². The number of aliphatic carboxylic acids is 2. The molecule has 1 saturated carbocycles. The van der Waals surface area contributed by atoms with Gasteiger partial charge in [-0.15, -0.1) is 0 Å². The molecule has 0 radical (unpaired) electrons. The minimum absolute atomic E-state index is 0. The molecule has 2 aromatic rings. The molecule has 1 aliphatic carbocycles. The van der Waals surface area contributed by atoms with E-state index in [1.54, 1.807) is 18.7 Å². The van der Waals surface area contributed by atoms with Gasteiger partial charge in [-0.3, -0.25) is 24.4 Å². The minimum atomic E-state index is -0.903. The Balaban J connectivity index is 0.00000240. The second kappa shape index (κ2) is 13.2. The fourth-order valence-electron chi connectivity index (χ4n) is 4.16. The van der Waals surface area contributed by atoms with Crippen molar-refractivity contribution in [2.45, 2.75) is 50.9 Å². The zero-order valence-electron chi connectivity index (χ0n) is 17.2. The predicted molar refractivity (Wildman–Crippen MR) is 110 cm³/mol. The quantitative estimate of drug-likeness (QED) is 0.334. The summed E-state index contributed by atoms with van der Waals surface area (Å²) in [7, 11) is 0. The number of aromatic nitrogens is 3. The maximum absolute atomic E-state index is 11.6. The molecule has 3 rings (SSSR count). The molecule has 1 fully saturated rings. The summed E-state index contributed by atoms with van der Waals surface area (Å²) in [6, 6.07) is 5.45. The SMILES string of the molecule is O=C(O)CN(Cc1c[nH]cn1)C1CCCC[C@@H]1N(CC(=O)O)Cc1ccccn1.[Fe+2].[OH3+]. The number of hydrogen-bond acceptors (Lipinski definition) is 6. The summed E-state index contributed by atoms with van der Waals surface area (Å²) in [5.74, 6) is -1.80. The average molecular weight is 476 g/mol. The third-order valence-electron chi connectivity index (χ3n) is 5.32. The van der Waals surface area contributed by atoms with Crippen molar-refractivity contribution in [3.05, 3.63) is 48.3 Å². The van der Waals surface area contributed by atoms with E-state index in [1.165, 1.54) is 0 Å². The maximum Gasteiger partial charge on any atom is 2.00 e. The van der Waals surface area contributed by atoms with Gasteiger partial charge in [-0.1, -0.05) is 18.9 Å². The number of carboxylic acids is 2. The van der Waals surface area contributed by atoms with Gasteiger partial charge in [0.2, 0.25) is 0 Å². The van der Waals surface area contributed by atoms with Crippen LogP contribution in [0.4, 0.5) is 0 Å². The molecule has 11 heteroatoms. The number of carbonyl (C=O) groups is 2. The van der Waals surface area contributed by atoms with Gasteiger partial charge in [-0.25, -0.2) is 4.98 Å². The normalized spacial score (nSPS) is 18.3. The summed E-state index contributed by atoms with van der Waals surface area (Å²) >= 11 is 0. The van der Waals surface area contributed by atoms with Crippen LogP contribution < -0.4 is 0 Å². The summed E-state index contributed by atoms with van der Waals surface area (Å²) in [6.07, 6.45) is 8.65. The van der Waals surface area contributed by atoms with Crippen LogP contribution in [0.1, 0.15) is 37.1 Å². The Morgan fingerprint density at radius 1 is 0.968 bits per heavy atom. The predicted octanol–water partition coefficient (Wildman–Crippen LogP) is 0.665. The zero-order valence-corrected chi connectivity index (χ0v) is 18.3. The Morgan fingerprint density at radius 3 is 2.00 bits per heavy atom. The average Bonchev–Trinajstić information content (AvgIpc) is 3.20. The van der Waals surface area contributed by atoms with Crippen molar-refractivity contribution in [2.24, 2.45) is 0 Å². The monoisotopic (exact) mass is 476 g/mol. The molecular weight excluding hydrogens is 446 g/mol. The van der Waals surface area contributed by atoms with Crippen LogP contribution in [0.2, 0.25) is 0 Å². The first-order chi connectivity index (χ1) is 14.0. The second-order valence-corrected chi connectivity index (χ2v) is 7.40. The fraction of sp³-hybridized carbons (Fsp3) is 0.500. The number of hydrogen-bond donors (Lipinski definition) is 3. The molecular formula is C20H30FeN5O5+3. The second-order valence-electron chi connectivity index (χ2n) is 7.40. The van der Waals surface area contributed by atoms with Gasteiger partial charge in [-0.05, 0) is 25.0 Å². The largest absolute Gasteiger partial charge is 2.00 e. The number of aromatic amines is 1. The van der Waals surface area contributed by atoms with Gasteiger partial charge < -0.3 is 20.7 Å². The van der Waals surface area contributed by atoms with Crippen LogP contribution in [-0.4, -0.2) is 72.1 Å². The Kier molecular flexibility index (Phi) is 11.4. The smallest absolute Gasteiger partial charge is 0.480 e. The number of imidazole rings is 1. The Labute approximate surface area is 191 Å². The number of carboxylic acid groups (broad SMARTS) is 2. The zero-order chi connectivity index (χ0) is 20.6. The van der Waals surface area contributed by atoms with Gasteiger partial charge in [0.15, 0.2) is 0 Å². The van der Waals surface area contributed by atoms with E-state index in [0.717, 1.165) is 37.1 Å². The van der Waals surface area contributed by atoms with E-state index in [2.05, 4.69) is 15.0 Å². The summed E-state index contributed by atoms with van der Waals surface area (Å²) in [4.78, 5) is 38.4. The van der Waals surface area contributed by atoms with E-state index in [1.807, 2.05) is 28.0 Å². The Hall–Kier alpha value is -2.30. The van der Waals surface area contributed by atoms with Crippen molar-refractivity contribution in [2.75, 3.05) is 13.1 Å². The van der Waals surface area contributed by atoms with Gasteiger partial charge in [-0.2, -0.15) is 0 Å². The van der Waals surface area contributed by atoms with Gasteiger partial charge in [0.1, 0.15) is 0 Å². The minimum Gasteiger partial charge on any atom is -0.480 e. The van der Waals surface area contributed by atoms with Crippen LogP contribution in [0.25, 0.3) is 0 Å². The molecule has 1 aliphatic rings. The van der Waals surface area contributed by atoms with Crippen LogP contribution in [0.3, 0.4) is 0 Å². The van der Waals surface area contributed by atoms with Crippen LogP contribution >= 0.6 is 0 Å². The molecule has 0 amide bonds. The molecule has 0 aliphatic heterocycles. The van der Waals surface area contributed by atoms with Crippen molar-refractivity contribution in [1.29, 1.82) is 0 Å². The summed E-state index contributed by atoms with van der Waals surface area (Å²) in [5, 5.41) is 18.9. The van der Waals surface area contributed by atoms with Crippen molar-refractivity contribution in [3.8, 4) is 0 Å². The molecule has 170 valence electrons. The molecule has 0 bridgehead atoms. The van der Waals surface area contributed by atoms with E-state index >= 15 is 0 Å². The standard InChI is InChI=1S/C20H27N5O4.Fe.H2O/c26-19(27)12-24(10-15-5-3-4-8-22-15)17-6-1-2-7-18(17)25(13-20(28)29)11-16-9-21-14-23-16;;/h3-5,8-9,14,17-18H,1-2,6-7,10-13H2,(H,21,23)(H,26,27)(H,28,29);;1H2/q;+2;/p+1/t17-,18?;;/m0../s1. The third-order valence-corrected chi connectivity index (χ3v) is 5.32. The Morgan fingerprint density at radius 2 is 1.55 bits per heavy atom. The molecule has 0 saturated heterocycles. The molecule has 0 spiro atoms. The van der Waals surface area contributed by atoms with Gasteiger partial charge >= 0.3 is 29.0 Å². The van der Waals surface area contributed by atoms with E-state index in [-0.39, 0.29) is 47.7 Å². The van der Waals surface area contributed by atoms with Crippen molar-refractivity contribution in [3.63, 3.8) is 0 Å². The first-order valence-corrected chi connectivity index (χ1v) is 9.82. The molecule has 2 atom stereocenters. The van der Waals surface area contributed by atoms with E-state index < -0.39 is 11.9 Å². The number of H-pyrrole nitrogens is 1. The number of nitrogens with one attached hydrogen (secondary N) is 1. The molecule has 2 aromatic heterocycles. The van der Waals surface area contributed by atoms with E-state index in [4.69, 9.17) is 0 Å². The van der Waals surface area contributed by atoms with Crippen LogP contribution in [0.15, 0.2) is 36.9 Å². The molecule has 2 heterocycles. The first kappa shape index (κ1) is 26.7. The fourth-order valence-corrected chi connectivity index (χ4v) is 4.16. The third kappa shape index (κ3) is 8.04. The van der Waals surface area contributed by atoms with E-state index in [0.29, 0.717) is 13.1 Å². The molecule has 10 nitrogen and oxygen atoms in total. The van der Waals surface area contributed by atoms with Gasteiger partial charge in [0, 0.05) is 37.6 Å². The first-order valence-electron chi connectivity index (χ1n) is 9.82. The van der Waals surface area contributed by atoms with Crippen LogP contribution in [0, 0.1) is 0 Å². The van der Waals surface area contributed by atoms with Crippen LogP contribution in [0.5, 0.6) is 0 Å². The van der Waals surface area contributed by atoms with Gasteiger partial charge in [0.05, 0.1) is 30.8 Å². The maximum atomic E-state index is 11.6. The molecule has 6 N–H and O–H groups in total. The van der Waals surface area contributed by atoms with Crippen molar-refractivity contribution >= 4 is 11.9 Å². The van der Waals surface area contributed by atoms with Crippen molar-refractivity contribution < 1.29 is 42.3 Å². The molecule has 1 unspecified atom stereocenters. The Bertz CT molecular complexity index is 793. The van der Waals surface area contributed by atoms with E-state index in [9.17, 15) is 19.8 Å². The molecule has 0 aromatic carbocycles. The van der Waals surface area contributed by atoms with Gasteiger partial charge in [0.25, 0.3) is 0 Å². The number of nitrogens with zero attached hydrogens (tertiary/aromatic N) is 4. The summed E-state index contributed by atoms with van der Waals surface area (Å²) in [6.45, 7) is 0.596.